The number of hydrogen-bond donors (Lipinski definition) is 1. The van der Waals surface area contributed by atoms with Gasteiger partial charge in [-0.05, 0) is 30.7 Å². The molecule has 166 valence electrons. The van der Waals surface area contributed by atoms with E-state index in [4.69, 9.17) is 4.74 Å². The van der Waals surface area contributed by atoms with Gasteiger partial charge >= 0.3 is 0 Å². The molecule has 1 N–H and O–H groups in total. The minimum absolute atomic E-state index is 0.106. The zero-order chi connectivity index (χ0) is 22.2. The normalized spacial score (nSPS) is 15.2. The molecule has 1 amide bonds. The summed E-state index contributed by atoms with van der Waals surface area (Å²) in [5.41, 5.74) is 2.90. The number of piperazine rings is 1. The molecule has 0 bridgehead atoms. The van der Waals surface area contributed by atoms with Crippen LogP contribution >= 0.6 is 0 Å². The Morgan fingerprint density at radius 1 is 0.969 bits per heavy atom. The fourth-order valence-electron chi connectivity index (χ4n) is 3.86. The number of rotatable bonds is 8. The standard InChI is InChI=1S/C26H30N4O2/c1-21(22-8-4-2-5-9-22)32-25-13-12-23(20-28-25)26(31)27-14-15-29-16-18-30(19-17-29)24-10-6-3-7-11-24/h2-13,20-21H,14-19H2,1H3,(H,27,31)/t21-/m0/s1. The van der Waals surface area contributed by atoms with Crippen LogP contribution in [0.15, 0.2) is 79.0 Å². The van der Waals surface area contributed by atoms with Crippen LogP contribution in [0.2, 0.25) is 0 Å². The van der Waals surface area contributed by atoms with Crippen LogP contribution in [-0.4, -0.2) is 55.1 Å². The van der Waals surface area contributed by atoms with E-state index in [1.54, 1.807) is 18.3 Å². The zero-order valence-corrected chi connectivity index (χ0v) is 18.5. The lowest BCUT2D eigenvalue weighted by atomic mass is 10.1. The van der Waals surface area contributed by atoms with Crippen LogP contribution in [0, 0.1) is 0 Å². The lowest BCUT2D eigenvalue weighted by Crippen LogP contribution is -2.48. The number of hydrogen-bond acceptors (Lipinski definition) is 5. The minimum atomic E-state index is -0.108. The summed E-state index contributed by atoms with van der Waals surface area (Å²) in [7, 11) is 0. The second-order valence-corrected chi connectivity index (χ2v) is 7.98. The maximum absolute atomic E-state index is 12.5. The Labute approximate surface area is 189 Å². The molecule has 3 aromatic rings. The molecular weight excluding hydrogens is 400 g/mol. The Morgan fingerprint density at radius 3 is 2.31 bits per heavy atom. The number of para-hydroxylation sites is 1. The van der Waals surface area contributed by atoms with Gasteiger partial charge in [0.25, 0.3) is 5.91 Å². The number of benzene rings is 2. The average molecular weight is 431 g/mol. The van der Waals surface area contributed by atoms with E-state index in [1.807, 2.05) is 43.3 Å². The molecular formula is C26H30N4O2. The Hall–Kier alpha value is -3.38. The number of pyridine rings is 1. The van der Waals surface area contributed by atoms with Crippen molar-refractivity contribution in [3.63, 3.8) is 0 Å². The van der Waals surface area contributed by atoms with Gasteiger partial charge in [0.1, 0.15) is 6.10 Å². The Bertz CT molecular complexity index is 972. The van der Waals surface area contributed by atoms with E-state index in [9.17, 15) is 4.79 Å². The van der Waals surface area contributed by atoms with E-state index in [2.05, 4.69) is 44.4 Å². The van der Waals surface area contributed by atoms with Crippen molar-refractivity contribution >= 4 is 11.6 Å². The molecule has 2 heterocycles. The monoisotopic (exact) mass is 430 g/mol. The number of ether oxygens (including phenoxy) is 1. The molecule has 0 radical (unpaired) electrons. The van der Waals surface area contributed by atoms with Crippen LogP contribution < -0.4 is 15.0 Å². The second-order valence-electron chi connectivity index (χ2n) is 7.98. The van der Waals surface area contributed by atoms with E-state index >= 15 is 0 Å². The highest BCUT2D eigenvalue weighted by molar-refractivity contribution is 5.93. The third kappa shape index (κ3) is 5.86. The van der Waals surface area contributed by atoms with E-state index in [-0.39, 0.29) is 12.0 Å². The molecule has 0 unspecified atom stereocenters. The van der Waals surface area contributed by atoms with Crippen molar-refractivity contribution in [3.05, 3.63) is 90.1 Å². The van der Waals surface area contributed by atoms with Crippen LogP contribution in [0.25, 0.3) is 0 Å². The molecule has 2 aromatic carbocycles. The summed E-state index contributed by atoms with van der Waals surface area (Å²) in [5, 5.41) is 3.00. The third-order valence-electron chi connectivity index (χ3n) is 5.77. The Balaban J connectivity index is 1.18. The lowest BCUT2D eigenvalue weighted by molar-refractivity contribution is 0.0947. The minimum Gasteiger partial charge on any atom is -0.470 e. The highest BCUT2D eigenvalue weighted by Crippen LogP contribution is 2.20. The van der Waals surface area contributed by atoms with Gasteiger partial charge in [-0.2, -0.15) is 0 Å². The molecule has 0 saturated carbocycles. The molecule has 1 saturated heterocycles. The second kappa shape index (κ2) is 10.8. The number of carbonyl (C=O) groups excluding carboxylic acids is 1. The maximum atomic E-state index is 12.5. The number of nitrogens with zero attached hydrogens (tertiary/aromatic N) is 3. The van der Waals surface area contributed by atoms with Gasteiger partial charge in [0.2, 0.25) is 5.88 Å². The van der Waals surface area contributed by atoms with Crippen LogP contribution in [0.3, 0.4) is 0 Å². The summed E-state index contributed by atoms with van der Waals surface area (Å²) in [6.45, 7) is 7.45. The first-order valence-corrected chi connectivity index (χ1v) is 11.2. The van der Waals surface area contributed by atoms with E-state index in [0.717, 1.165) is 38.3 Å². The van der Waals surface area contributed by atoms with E-state index in [0.29, 0.717) is 18.0 Å². The van der Waals surface area contributed by atoms with Gasteiger partial charge in [-0.1, -0.05) is 48.5 Å². The fraction of sp³-hybridized carbons (Fsp3) is 0.308. The first kappa shape index (κ1) is 21.8. The molecule has 0 aliphatic carbocycles. The third-order valence-corrected chi connectivity index (χ3v) is 5.77. The van der Waals surface area contributed by atoms with Gasteiger partial charge in [-0.3, -0.25) is 9.69 Å². The largest absolute Gasteiger partial charge is 0.470 e. The van der Waals surface area contributed by atoms with Crippen molar-refractivity contribution < 1.29 is 9.53 Å². The highest BCUT2D eigenvalue weighted by atomic mass is 16.5. The van der Waals surface area contributed by atoms with Crippen molar-refractivity contribution in [2.45, 2.75) is 13.0 Å². The first-order valence-electron chi connectivity index (χ1n) is 11.2. The van der Waals surface area contributed by atoms with Crippen LogP contribution in [0.1, 0.15) is 28.9 Å². The van der Waals surface area contributed by atoms with Gasteiger partial charge in [0.05, 0.1) is 5.56 Å². The van der Waals surface area contributed by atoms with E-state index < -0.39 is 0 Å². The number of carbonyl (C=O) groups is 1. The average Bonchev–Trinajstić information content (AvgIpc) is 2.86. The summed E-state index contributed by atoms with van der Waals surface area (Å²) >= 11 is 0. The van der Waals surface area contributed by atoms with Gasteiger partial charge in [-0.15, -0.1) is 0 Å². The molecule has 1 atom stereocenters. The van der Waals surface area contributed by atoms with Gasteiger partial charge in [-0.25, -0.2) is 4.98 Å². The van der Waals surface area contributed by atoms with Crippen LogP contribution in [0.5, 0.6) is 5.88 Å². The molecule has 6 heteroatoms. The molecule has 32 heavy (non-hydrogen) atoms. The van der Waals surface area contributed by atoms with Gasteiger partial charge in [0.15, 0.2) is 0 Å². The SMILES string of the molecule is C[C@H](Oc1ccc(C(=O)NCCN2CCN(c3ccccc3)CC2)cn1)c1ccccc1. The van der Waals surface area contributed by atoms with E-state index in [1.165, 1.54) is 5.69 Å². The Morgan fingerprint density at radius 2 is 1.66 bits per heavy atom. The van der Waals surface area contributed by atoms with Crippen LogP contribution in [-0.2, 0) is 0 Å². The summed E-state index contributed by atoms with van der Waals surface area (Å²) < 4.78 is 5.88. The van der Waals surface area contributed by atoms with Gasteiger partial charge in [0, 0.05) is 57.2 Å². The van der Waals surface area contributed by atoms with Crippen molar-refractivity contribution in [1.82, 2.24) is 15.2 Å². The summed E-state index contributed by atoms with van der Waals surface area (Å²) in [6, 6.07) is 24.0. The smallest absolute Gasteiger partial charge is 0.252 e. The summed E-state index contributed by atoms with van der Waals surface area (Å²) in [6.07, 6.45) is 1.46. The lowest BCUT2D eigenvalue weighted by Gasteiger charge is -2.36. The fourth-order valence-corrected chi connectivity index (χ4v) is 3.86. The molecule has 6 nitrogen and oxygen atoms in total. The number of aromatic nitrogens is 1. The molecule has 1 aliphatic heterocycles. The first-order chi connectivity index (χ1) is 15.7. The highest BCUT2D eigenvalue weighted by Gasteiger charge is 2.17. The molecule has 1 aliphatic rings. The molecule has 1 fully saturated rings. The topological polar surface area (TPSA) is 57.7 Å². The van der Waals surface area contributed by atoms with Crippen LogP contribution in [0.4, 0.5) is 5.69 Å². The summed E-state index contributed by atoms with van der Waals surface area (Å²) in [5.74, 6) is 0.400. The zero-order valence-electron chi connectivity index (χ0n) is 18.5. The molecule has 4 rings (SSSR count). The van der Waals surface area contributed by atoms with Crippen molar-refractivity contribution in [2.75, 3.05) is 44.2 Å². The molecule has 0 spiro atoms. The summed E-state index contributed by atoms with van der Waals surface area (Å²) in [4.78, 5) is 21.6. The number of nitrogens with one attached hydrogen (secondary N) is 1. The predicted octanol–water partition coefficient (Wildman–Crippen LogP) is 3.77. The van der Waals surface area contributed by atoms with Gasteiger partial charge < -0.3 is 15.0 Å². The van der Waals surface area contributed by atoms with Crippen molar-refractivity contribution in [2.24, 2.45) is 0 Å². The quantitative estimate of drug-likeness (QED) is 0.590. The van der Waals surface area contributed by atoms with Crippen molar-refractivity contribution in [1.29, 1.82) is 0 Å². The molecule has 1 aromatic heterocycles. The predicted molar refractivity (Wildman–Crippen MR) is 127 cm³/mol. The number of anilines is 1. The Kier molecular flexibility index (Phi) is 7.35. The number of amides is 1. The maximum Gasteiger partial charge on any atom is 0.252 e. The van der Waals surface area contributed by atoms with Crippen molar-refractivity contribution in [3.8, 4) is 5.88 Å².